The maximum Gasteiger partial charge on any atom is 0.156 e. The van der Waals surface area contributed by atoms with E-state index in [0.29, 0.717) is 5.92 Å². The molecule has 3 nitrogen and oxygen atoms in total. The van der Waals surface area contributed by atoms with E-state index in [9.17, 15) is 0 Å². The van der Waals surface area contributed by atoms with E-state index >= 15 is 0 Å². The molecule has 7 aliphatic rings. The molecule has 2 fully saturated rings. The number of allylic oxidation sites excluding steroid dienone is 12. The standard InChI is InChI=1S/C64H56N2O/c1-4-16-43(17-5-1)62-65-57(40-58(66-62)46-30-31-50-49-21-7-9-25-59(49)67-60(50)37-46)42-28-26-41(27-29-42)44-18-14-19-45(36-44)47-22-15-24-54-61(47)52-39-55-51(38-56(52)64(54)34-12-3-13-35-64)48-20-6-8-23-53(48)63(55)32-10-2-11-33-63/h1,4,6-9,14,16,18-23,25-31,37-40,45H,2-3,5,10-13,15,17,24,32-36H2. The zero-order chi connectivity index (χ0) is 44.1. The van der Waals surface area contributed by atoms with Crippen LogP contribution in [0, 0.1) is 5.92 Å². The van der Waals surface area contributed by atoms with Gasteiger partial charge in [-0.2, -0.15) is 0 Å². The largest absolute Gasteiger partial charge is 0.456 e. The van der Waals surface area contributed by atoms with Crippen molar-refractivity contribution in [3.8, 4) is 33.6 Å². The van der Waals surface area contributed by atoms with Crippen LogP contribution in [0.2, 0.25) is 0 Å². The van der Waals surface area contributed by atoms with Crippen molar-refractivity contribution in [1.29, 1.82) is 0 Å². The van der Waals surface area contributed by atoms with E-state index in [1.807, 2.05) is 12.1 Å². The summed E-state index contributed by atoms with van der Waals surface area (Å²) in [5.74, 6) is 1.15. The lowest BCUT2D eigenvalue weighted by Gasteiger charge is -2.39. The molecule has 0 bridgehead atoms. The SMILES string of the molecule is C1=CCCC(c2nc(-c3ccc(C4=CC=CC(C5=CCCC6=C5c5cc7c(cc5C65CCCCC5)-c5ccccc5C75CCCCC5)C4)cc3)cc(-c3ccc4c(c3)oc3ccccc34)n2)=C1. The molecule has 2 aromatic heterocycles. The van der Waals surface area contributed by atoms with E-state index in [1.54, 1.807) is 44.5 Å². The van der Waals surface area contributed by atoms with Gasteiger partial charge in [0.25, 0.3) is 0 Å². The summed E-state index contributed by atoms with van der Waals surface area (Å²) in [4.78, 5) is 10.4. The normalized spacial score (nSPS) is 21.0. The zero-order valence-electron chi connectivity index (χ0n) is 38.4. The van der Waals surface area contributed by atoms with Gasteiger partial charge < -0.3 is 4.42 Å². The van der Waals surface area contributed by atoms with E-state index in [1.165, 1.54) is 92.9 Å². The Morgan fingerprint density at radius 3 is 2.06 bits per heavy atom. The minimum atomic E-state index is 0.163. The fourth-order valence-electron chi connectivity index (χ4n) is 14.1. The van der Waals surface area contributed by atoms with E-state index < -0.39 is 0 Å². The van der Waals surface area contributed by atoms with Crippen LogP contribution in [0.1, 0.15) is 130 Å². The van der Waals surface area contributed by atoms with E-state index in [-0.39, 0.29) is 10.8 Å². The summed E-state index contributed by atoms with van der Waals surface area (Å²) in [5, 5.41) is 2.26. The number of rotatable bonds is 5. The average Bonchev–Trinajstić information content (AvgIpc) is 3.99. The fraction of sp³-hybridized carbons (Fsp3) is 0.281. The molecule has 2 saturated carbocycles. The predicted octanol–water partition coefficient (Wildman–Crippen LogP) is 17.0. The van der Waals surface area contributed by atoms with Gasteiger partial charge in [-0.3, -0.25) is 0 Å². The van der Waals surface area contributed by atoms with Crippen LogP contribution in [0.4, 0.5) is 0 Å². The first-order chi connectivity index (χ1) is 33.1. The van der Waals surface area contributed by atoms with Gasteiger partial charge >= 0.3 is 0 Å². The summed E-state index contributed by atoms with van der Waals surface area (Å²) in [6.45, 7) is 0. The van der Waals surface area contributed by atoms with Gasteiger partial charge in [0, 0.05) is 38.6 Å². The first-order valence-electron chi connectivity index (χ1n) is 25.5. The summed E-state index contributed by atoms with van der Waals surface area (Å²) >= 11 is 0. The van der Waals surface area contributed by atoms with Gasteiger partial charge in [0.15, 0.2) is 5.82 Å². The maximum absolute atomic E-state index is 6.32. The van der Waals surface area contributed by atoms with Crippen LogP contribution in [0.5, 0.6) is 0 Å². The van der Waals surface area contributed by atoms with Crippen molar-refractivity contribution in [3.05, 3.63) is 197 Å². The van der Waals surface area contributed by atoms with Crippen LogP contribution in [0.3, 0.4) is 0 Å². The molecular formula is C64H56N2O. The molecule has 14 rings (SSSR count). The van der Waals surface area contributed by atoms with Crippen molar-refractivity contribution in [2.45, 2.75) is 107 Å². The van der Waals surface area contributed by atoms with Crippen molar-refractivity contribution in [2.75, 3.05) is 0 Å². The van der Waals surface area contributed by atoms with Crippen molar-refractivity contribution in [2.24, 2.45) is 5.92 Å². The summed E-state index contributed by atoms with van der Waals surface area (Å²) < 4.78 is 6.32. The number of hydrogen-bond acceptors (Lipinski definition) is 3. The molecule has 7 aromatic rings. The molecule has 67 heavy (non-hydrogen) atoms. The van der Waals surface area contributed by atoms with Gasteiger partial charge in [0.05, 0.1) is 11.4 Å². The van der Waals surface area contributed by atoms with Gasteiger partial charge in [0.1, 0.15) is 11.2 Å². The Hall–Kier alpha value is -6.58. The topological polar surface area (TPSA) is 38.9 Å². The fourth-order valence-corrected chi connectivity index (χ4v) is 14.1. The summed E-state index contributed by atoms with van der Waals surface area (Å²) in [7, 11) is 0. The zero-order valence-corrected chi connectivity index (χ0v) is 38.4. The number of furan rings is 1. The third-order valence-electron chi connectivity index (χ3n) is 17.3. The Balaban J connectivity index is 0.799. The van der Waals surface area contributed by atoms with Crippen molar-refractivity contribution < 1.29 is 4.42 Å². The number of benzene rings is 5. The lowest BCUT2D eigenvalue weighted by atomic mass is 9.64. The van der Waals surface area contributed by atoms with Gasteiger partial charge in [-0.05, 0) is 155 Å². The molecule has 0 amide bonds. The molecule has 7 aliphatic carbocycles. The second-order valence-electron chi connectivity index (χ2n) is 20.7. The minimum Gasteiger partial charge on any atom is -0.456 e. The van der Waals surface area contributed by atoms with E-state index in [0.717, 1.165) is 76.0 Å². The molecule has 3 heteroatoms. The number of aromatic nitrogens is 2. The van der Waals surface area contributed by atoms with Gasteiger partial charge in [-0.1, -0.05) is 159 Å². The molecule has 1 unspecified atom stereocenters. The highest BCUT2D eigenvalue weighted by Crippen LogP contribution is 2.64. The lowest BCUT2D eigenvalue weighted by Crippen LogP contribution is -2.30. The average molecular weight is 869 g/mol. The van der Waals surface area contributed by atoms with Crippen LogP contribution in [-0.2, 0) is 10.8 Å². The Morgan fingerprint density at radius 1 is 0.522 bits per heavy atom. The molecule has 5 aromatic carbocycles. The maximum atomic E-state index is 6.32. The molecule has 2 spiro atoms. The van der Waals surface area contributed by atoms with Gasteiger partial charge in [0.2, 0.25) is 0 Å². The number of nitrogens with zero attached hydrogens (tertiary/aromatic N) is 2. The molecular weight excluding hydrogens is 813 g/mol. The Labute approximate surface area is 394 Å². The van der Waals surface area contributed by atoms with Crippen molar-refractivity contribution in [3.63, 3.8) is 0 Å². The Kier molecular flexibility index (Phi) is 9.15. The first kappa shape index (κ1) is 39.6. The molecule has 0 N–H and O–H groups in total. The Bertz CT molecular complexity index is 3390. The summed E-state index contributed by atoms with van der Waals surface area (Å²) in [6.07, 6.45) is 34.9. The highest BCUT2D eigenvalue weighted by molar-refractivity contribution is 6.06. The van der Waals surface area contributed by atoms with Crippen LogP contribution in [0.15, 0.2) is 167 Å². The van der Waals surface area contributed by atoms with E-state index in [2.05, 4.69) is 140 Å². The molecule has 0 saturated heterocycles. The second kappa shape index (κ2) is 15.5. The highest BCUT2D eigenvalue weighted by atomic mass is 16.3. The highest BCUT2D eigenvalue weighted by Gasteiger charge is 2.50. The monoisotopic (exact) mass is 868 g/mol. The first-order valence-corrected chi connectivity index (χ1v) is 25.5. The van der Waals surface area contributed by atoms with Crippen molar-refractivity contribution >= 4 is 38.7 Å². The van der Waals surface area contributed by atoms with Crippen LogP contribution >= 0.6 is 0 Å². The smallest absolute Gasteiger partial charge is 0.156 e. The van der Waals surface area contributed by atoms with Gasteiger partial charge in [-0.25, -0.2) is 9.97 Å². The Morgan fingerprint density at radius 2 is 1.22 bits per heavy atom. The number of para-hydroxylation sites is 1. The van der Waals surface area contributed by atoms with Crippen LogP contribution in [0.25, 0.3) is 72.3 Å². The van der Waals surface area contributed by atoms with E-state index in [4.69, 9.17) is 14.4 Å². The molecule has 0 radical (unpaired) electrons. The molecule has 0 aliphatic heterocycles. The third kappa shape index (κ3) is 6.15. The van der Waals surface area contributed by atoms with Gasteiger partial charge in [-0.15, -0.1) is 0 Å². The second-order valence-corrected chi connectivity index (χ2v) is 20.7. The third-order valence-corrected chi connectivity index (χ3v) is 17.3. The summed E-state index contributed by atoms with van der Waals surface area (Å²) in [5.41, 5.74) is 24.6. The molecule has 1 atom stereocenters. The summed E-state index contributed by atoms with van der Waals surface area (Å²) in [6, 6.07) is 41.2. The minimum absolute atomic E-state index is 0.163. The van der Waals surface area contributed by atoms with Crippen LogP contribution in [-0.4, -0.2) is 9.97 Å². The number of fused-ring (bicyclic) bond motifs is 12. The quantitative estimate of drug-likeness (QED) is 0.173. The molecule has 328 valence electrons. The van der Waals surface area contributed by atoms with Crippen LogP contribution < -0.4 is 0 Å². The molecule has 2 heterocycles. The number of hydrogen-bond donors (Lipinski definition) is 0. The van der Waals surface area contributed by atoms with Crippen molar-refractivity contribution in [1.82, 2.24) is 9.97 Å². The lowest BCUT2D eigenvalue weighted by molar-refractivity contribution is 0.337. The predicted molar refractivity (Wildman–Crippen MR) is 276 cm³/mol.